The minimum Gasteiger partial charge on any atom is -0.467 e. The van der Waals surface area contributed by atoms with Gasteiger partial charge in [-0.2, -0.15) is 5.10 Å². The predicted molar refractivity (Wildman–Crippen MR) is 54.0 cm³/mol. The van der Waals surface area contributed by atoms with Crippen molar-refractivity contribution in [2.45, 2.75) is 13.5 Å². The lowest BCUT2D eigenvalue weighted by molar-refractivity contribution is 0.517. The summed E-state index contributed by atoms with van der Waals surface area (Å²) >= 11 is 0. The van der Waals surface area contributed by atoms with Gasteiger partial charge in [0, 0.05) is 18.8 Å². The van der Waals surface area contributed by atoms with Crippen LogP contribution in [-0.4, -0.2) is 9.78 Å². The van der Waals surface area contributed by atoms with E-state index >= 15 is 0 Å². The first-order valence-electron chi connectivity index (χ1n) is 4.52. The summed E-state index contributed by atoms with van der Waals surface area (Å²) in [5.74, 6) is 1.79. The van der Waals surface area contributed by atoms with Gasteiger partial charge in [0.1, 0.15) is 11.6 Å². The van der Waals surface area contributed by atoms with Gasteiger partial charge in [0.15, 0.2) is 0 Å². The van der Waals surface area contributed by atoms with Gasteiger partial charge < -0.3 is 9.73 Å². The quantitative estimate of drug-likeness (QED) is 0.806. The van der Waals surface area contributed by atoms with Crippen LogP contribution in [0.25, 0.3) is 0 Å². The molecule has 0 aliphatic heterocycles. The van der Waals surface area contributed by atoms with Crippen molar-refractivity contribution in [3.63, 3.8) is 0 Å². The summed E-state index contributed by atoms with van der Waals surface area (Å²) in [6.45, 7) is 2.69. The van der Waals surface area contributed by atoms with Crippen molar-refractivity contribution in [2.75, 3.05) is 5.32 Å². The Labute approximate surface area is 82.5 Å². The van der Waals surface area contributed by atoms with E-state index in [-0.39, 0.29) is 0 Å². The van der Waals surface area contributed by atoms with Crippen LogP contribution in [-0.2, 0) is 13.6 Å². The monoisotopic (exact) mass is 191 g/mol. The maximum absolute atomic E-state index is 5.20. The van der Waals surface area contributed by atoms with Crippen molar-refractivity contribution < 1.29 is 4.42 Å². The third kappa shape index (κ3) is 1.79. The van der Waals surface area contributed by atoms with Gasteiger partial charge >= 0.3 is 0 Å². The van der Waals surface area contributed by atoms with E-state index in [9.17, 15) is 0 Å². The SMILES string of the molecule is Cc1cc(NCc2ccco2)nn1C. The van der Waals surface area contributed by atoms with Gasteiger partial charge in [0.25, 0.3) is 0 Å². The minimum atomic E-state index is 0.670. The number of aromatic nitrogens is 2. The second-order valence-corrected chi connectivity index (χ2v) is 3.23. The highest BCUT2D eigenvalue weighted by atomic mass is 16.3. The molecule has 74 valence electrons. The maximum atomic E-state index is 5.20. The van der Waals surface area contributed by atoms with Crippen molar-refractivity contribution in [2.24, 2.45) is 7.05 Å². The van der Waals surface area contributed by atoms with Crippen LogP contribution < -0.4 is 5.32 Å². The number of nitrogens with zero attached hydrogens (tertiary/aromatic N) is 2. The number of nitrogens with one attached hydrogen (secondary N) is 1. The van der Waals surface area contributed by atoms with E-state index in [4.69, 9.17) is 4.42 Å². The summed E-state index contributed by atoms with van der Waals surface area (Å²) in [4.78, 5) is 0. The highest BCUT2D eigenvalue weighted by Gasteiger charge is 2.00. The summed E-state index contributed by atoms with van der Waals surface area (Å²) in [5, 5.41) is 7.46. The Morgan fingerprint density at radius 2 is 2.43 bits per heavy atom. The number of hydrogen-bond donors (Lipinski definition) is 1. The first-order valence-corrected chi connectivity index (χ1v) is 4.52. The molecule has 4 heteroatoms. The average molecular weight is 191 g/mol. The topological polar surface area (TPSA) is 43.0 Å². The molecule has 0 aromatic carbocycles. The molecular weight excluding hydrogens is 178 g/mol. The molecule has 0 unspecified atom stereocenters. The molecule has 14 heavy (non-hydrogen) atoms. The number of aryl methyl sites for hydroxylation is 2. The molecule has 0 bridgehead atoms. The van der Waals surface area contributed by atoms with Gasteiger partial charge in [-0.25, -0.2) is 0 Å². The van der Waals surface area contributed by atoms with Gasteiger partial charge in [0.05, 0.1) is 12.8 Å². The average Bonchev–Trinajstić information content (AvgIpc) is 2.74. The summed E-state index contributed by atoms with van der Waals surface area (Å²) in [6.07, 6.45) is 1.67. The van der Waals surface area contributed by atoms with Crippen molar-refractivity contribution >= 4 is 5.82 Å². The molecule has 2 aromatic heterocycles. The van der Waals surface area contributed by atoms with Crippen LogP contribution in [0.5, 0.6) is 0 Å². The van der Waals surface area contributed by atoms with Gasteiger partial charge in [-0.1, -0.05) is 0 Å². The number of anilines is 1. The Hall–Kier alpha value is -1.71. The molecule has 2 aromatic rings. The van der Waals surface area contributed by atoms with Crippen LogP contribution in [0.1, 0.15) is 11.5 Å². The second-order valence-electron chi connectivity index (χ2n) is 3.23. The molecular formula is C10H13N3O. The zero-order valence-corrected chi connectivity index (χ0v) is 8.32. The minimum absolute atomic E-state index is 0.670. The van der Waals surface area contributed by atoms with Crippen LogP contribution in [0.15, 0.2) is 28.9 Å². The summed E-state index contributed by atoms with van der Waals surface area (Å²) in [5.41, 5.74) is 1.13. The highest BCUT2D eigenvalue weighted by Crippen LogP contribution is 2.09. The molecule has 0 aliphatic rings. The molecule has 2 heterocycles. The van der Waals surface area contributed by atoms with Gasteiger partial charge in [-0.15, -0.1) is 0 Å². The molecule has 0 amide bonds. The van der Waals surface area contributed by atoms with Crippen molar-refractivity contribution in [3.05, 3.63) is 35.9 Å². The molecule has 0 radical (unpaired) electrons. The summed E-state index contributed by atoms with van der Waals surface area (Å²) < 4.78 is 7.03. The third-order valence-corrected chi connectivity index (χ3v) is 2.14. The highest BCUT2D eigenvalue weighted by molar-refractivity contribution is 5.35. The first-order chi connectivity index (χ1) is 6.75. The van der Waals surface area contributed by atoms with E-state index in [1.807, 2.05) is 36.9 Å². The fourth-order valence-electron chi connectivity index (χ4n) is 1.24. The Kier molecular flexibility index (Phi) is 2.26. The molecule has 0 saturated heterocycles. The van der Waals surface area contributed by atoms with Gasteiger partial charge in [-0.05, 0) is 19.1 Å². The smallest absolute Gasteiger partial charge is 0.148 e. The number of rotatable bonds is 3. The van der Waals surface area contributed by atoms with Crippen molar-refractivity contribution in [3.8, 4) is 0 Å². The fraction of sp³-hybridized carbons (Fsp3) is 0.300. The zero-order chi connectivity index (χ0) is 9.97. The molecule has 0 spiro atoms. The van der Waals surface area contributed by atoms with Gasteiger partial charge in [-0.3, -0.25) is 4.68 Å². The molecule has 0 saturated carbocycles. The molecule has 1 N–H and O–H groups in total. The number of furan rings is 1. The molecule has 0 fully saturated rings. The Bertz CT molecular complexity index is 383. The third-order valence-electron chi connectivity index (χ3n) is 2.14. The normalized spacial score (nSPS) is 10.4. The molecule has 4 nitrogen and oxygen atoms in total. The summed E-state index contributed by atoms with van der Waals surface area (Å²) in [7, 11) is 1.92. The number of hydrogen-bond acceptors (Lipinski definition) is 3. The predicted octanol–water partition coefficient (Wildman–Crippen LogP) is 1.93. The standard InChI is InChI=1S/C10H13N3O/c1-8-6-10(12-13(8)2)11-7-9-4-3-5-14-9/h3-6H,7H2,1-2H3,(H,11,12). The van der Waals surface area contributed by atoms with E-state index in [0.717, 1.165) is 17.3 Å². The Balaban J connectivity index is 1.98. The Morgan fingerprint density at radius 1 is 1.57 bits per heavy atom. The van der Waals surface area contributed by atoms with E-state index in [1.165, 1.54) is 0 Å². The molecule has 2 rings (SSSR count). The van der Waals surface area contributed by atoms with Gasteiger partial charge in [0.2, 0.25) is 0 Å². The first kappa shape index (κ1) is 8.87. The van der Waals surface area contributed by atoms with Crippen LogP contribution >= 0.6 is 0 Å². The van der Waals surface area contributed by atoms with Crippen LogP contribution in [0, 0.1) is 6.92 Å². The van der Waals surface area contributed by atoms with E-state index in [0.29, 0.717) is 6.54 Å². The van der Waals surface area contributed by atoms with E-state index in [2.05, 4.69) is 10.4 Å². The lowest BCUT2D eigenvalue weighted by Gasteiger charge is -1.98. The lowest BCUT2D eigenvalue weighted by atomic mass is 10.4. The second kappa shape index (κ2) is 3.57. The van der Waals surface area contributed by atoms with Crippen LogP contribution in [0.3, 0.4) is 0 Å². The van der Waals surface area contributed by atoms with Crippen LogP contribution in [0.2, 0.25) is 0 Å². The van der Waals surface area contributed by atoms with E-state index in [1.54, 1.807) is 6.26 Å². The van der Waals surface area contributed by atoms with Crippen molar-refractivity contribution in [1.29, 1.82) is 0 Å². The summed E-state index contributed by atoms with van der Waals surface area (Å²) in [6, 6.07) is 5.81. The largest absolute Gasteiger partial charge is 0.467 e. The van der Waals surface area contributed by atoms with Crippen molar-refractivity contribution in [1.82, 2.24) is 9.78 Å². The molecule has 0 aliphatic carbocycles. The van der Waals surface area contributed by atoms with Crippen LogP contribution in [0.4, 0.5) is 5.82 Å². The molecule has 0 atom stereocenters. The van der Waals surface area contributed by atoms with E-state index < -0.39 is 0 Å². The Morgan fingerprint density at radius 3 is 3.00 bits per heavy atom. The fourth-order valence-corrected chi connectivity index (χ4v) is 1.24. The zero-order valence-electron chi connectivity index (χ0n) is 8.32. The lowest BCUT2D eigenvalue weighted by Crippen LogP contribution is -1.99. The maximum Gasteiger partial charge on any atom is 0.148 e.